The summed E-state index contributed by atoms with van der Waals surface area (Å²) in [5.41, 5.74) is -3.26. The molecule has 11 nitrogen and oxygen atoms in total. The van der Waals surface area contributed by atoms with Crippen molar-refractivity contribution >= 4 is 29.6 Å². The third-order valence-electron chi connectivity index (χ3n) is 11.1. The first-order chi connectivity index (χ1) is 19.1. The number of hydrogen-bond donors (Lipinski definition) is 0. The maximum absolute atomic E-state index is 13.5. The minimum Gasteiger partial charge on any atom is -0.472 e. The van der Waals surface area contributed by atoms with Crippen molar-refractivity contribution in [1.82, 2.24) is 0 Å². The summed E-state index contributed by atoms with van der Waals surface area (Å²) >= 11 is 0. The van der Waals surface area contributed by atoms with E-state index in [9.17, 15) is 19.2 Å². The van der Waals surface area contributed by atoms with E-state index in [2.05, 4.69) is 12.1 Å². The molecular formula is C30H37NO10. The molecule has 3 saturated heterocycles. The fourth-order valence-electron chi connectivity index (χ4n) is 9.52. The Labute approximate surface area is 238 Å². The zero-order chi connectivity index (χ0) is 29.8. The van der Waals surface area contributed by atoms with Gasteiger partial charge in [-0.1, -0.05) is 25.9 Å². The van der Waals surface area contributed by atoms with E-state index in [1.54, 1.807) is 18.6 Å². The minimum atomic E-state index is -1.07. The van der Waals surface area contributed by atoms with Crippen LogP contribution in [0.1, 0.15) is 85.8 Å². The number of hydrogen-bond acceptors (Lipinski definition) is 11. The fraction of sp³-hybridized carbons (Fsp3) is 0.700. The van der Waals surface area contributed by atoms with Crippen molar-refractivity contribution in [2.75, 3.05) is 0 Å². The molecule has 0 aromatic carbocycles. The first-order valence-corrected chi connectivity index (χ1v) is 14.2. The average Bonchev–Trinajstić information content (AvgIpc) is 3.45. The second kappa shape index (κ2) is 8.65. The van der Waals surface area contributed by atoms with Gasteiger partial charge in [-0.25, -0.2) is 9.59 Å². The molecule has 2 saturated carbocycles. The standard InChI is InChI=1S/C30H37NO10/c1-15(32)37-21-13-22(34)39-26(3,4)19-12-20(31-41-16(2)33)29(7)18(28(19,21)6)8-10-27(5)23(17-9-11-36-14-17)38-25(35)24-30(27,29)40-24/h9,11,14,18-19,21,23-24H,8,10,12-13H2,1-7H3/b31-20+/t18-,19+,21?,23+,24-,27+,28-,29+,30-/m1/s1. The molecular weight excluding hydrogens is 534 g/mol. The van der Waals surface area contributed by atoms with E-state index < -0.39 is 69.6 Å². The summed E-state index contributed by atoms with van der Waals surface area (Å²) in [5.74, 6) is -2.70. The lowest BCUT2D eigenvalue weighted by Gasteiger charge is -2.66. The van der Waals surface area contributed by atoms with Gasteiger partial charge in [0.2, 0.25) is 0 Å². The molecule has 41 heavy (non-hydrogen) atoms. The molecule has 5 aliphatic rings. The van der Waals surface area contributed by atoms with Gasteiger partial charge in [-0.3, -0.25) is 9.59 Å². The molecule has 0 radical (unpaired) electrons. The lowest BCUT2D eigenvalue weighted by Crippen LogP contribution is -2.72. The number of carbonyl (C=O) groups is 4. The van der Waals surface area contributed by atoms with Crippen LogP contribution in [0.15, 0.2) is 28.2 Å². The summed E-state index contributed by atoms with van der Waals surface area (Å²) in [6, 6.07) is 1.79. The zero-order valence-electron chi connectivity index (χ0n) is 24.5. The van der Waals surface area contributed by atoms with Crippen molar-refractivity contribution in [3.8, 4) is 0 Å². The Kier molecular flexibility index (Phi) is 5.90. The smallest absolute Gasteiger partial charge is 0.339 e. The number of fused-ring (bicyclic) bond motifs is 3. The molecule has 1 aromatic heterocycles. The molecule has 2 aliphatic carbocycles. The van der Waals surface area contributed by atoms with Gasteiger partial charge in [0.05, 0.1) is 24.7 Å². The molecule has 1 aromatic rings. The van der Waals surface area contributed by atoms with Crippen molar-refractivity contribution in [1.29, 1.82) is 0 Å². The molecule has 6 rings (SSSR count). The third kappa shape index (κ3) is 3.50. The molecule has 1 unspecified atom stereocenters. The van der Waals surface area contributed by atoms with Crippen LogP contribution in [0.5, 0.6) is 0 Å². The lowest BCUT2D eigenvalue weighted by molar-refractivity contribution is -0.215. The van der Waals surface area contributed by atoms with Gasteiger partial charge in [-0.2, -0.15) is 0 Å². The van der Waals surface area contributed by atoms with Crippen molar-refractivity contribution in [3.05, 3.63) is 24.2 Å². The Hall–Kier alpha value is -3.21. The number of ether oxygens (including phenoxy) is 4. The highest BCUT2D eigenvalue weighted by Gasteiger charge is 2.88. The van der Waals surface area contributed by atoms with E-state index in [-0.39, 0.29) is 24.7 Å². The quantitative estimate of drug-likeness (QED) is 0.171. The van der Waals surface area contributed by atoms with Crippen LogP contribution in [0.2, 0.25) is 0 Å². The summed E-state index contributed by atoms with van der Waals surface area (Å²) in [5, 5.41) is 4.44. The second-order valence-corrected chi connectivity index (χ2v) is 13.4. The largest absolute Gasteiger partial charge is 0.472 e. The number of esters is 3. The summed E-state index contributed by atoms with van der Waals surface area (Å²) in [4.78, 5) is 56.2. The van der Waals surface area contributed by atoms with Gasteiger partial charge < -0.3 is 28.2 Å². The van der Waals surface area contributed by atoms with Crippen LogP contribution in [-0.4, -0.2) is 53.0 Å². The summed E-state index contributed by atoms with van der Waals surface area (Å²) < 4.78 is 29.8. The summed E-state index contributed by atoms with van der Waals surface area (Å²) in [7, 11) is 0. The van der Waals surface area contributed by atoms with Crippen molar-refractivity contribution in [3.63, 3.8) is 0 Å². The number of nitrogens with zero attached hydrogens (tertiary/aromatic N) is 1. The van der Waals surface area contributed by atoms with Gasteiger partial charge in [-0.05, 0) is 45.1 Å². The SMILES string of the molecule is CC(=O)O/N=C1\C[C@H]2C(C)(C)OC(=O)CC(OC(C)=O)[C@]2(C)[C@H]2CC[C@@]3(C)[C@H](c4ccoc4)OC(=O)[C@H]4O[C@]43[C@]12C. The van der Waals surface area contributed by atoms with Crippen LogP contribution in [-0.2, 0) is 43.0 Å². The van der Waals surface area contributed by atoms with Crippen LogP contribution in [0.4, 0.5) is 0 Å². The van der Waals surface area contributed by atoms with Gasteiger partial charge in [-0.15, -0.1) is 0 Å². The molecule has 0 amide bonds. The van der Waals surface area contributed by atoms with E-state index in [0.717, 1.165) is 5.56 Å². The first-order valence-electron chi connectivity index (χ1n) is 14.2. The Bertz CT molecular complexity index is 1350. The zero-order valence-corrected chi connectivity index (χ0v) is 24.5. The number of carbonyl (C=O) groups excluding carboxylic acids is 4. The number of oxime groups is 1. The molecule has 0 N–H and O–H groups in total. The van der Waals surface area contributed by atoms with E-state index in [1.807, 2.05) is 27.7 Å². The molecule has 222 valence electrons. The lowest BCUT2D eigenvalue weighted by atomic mass is 9.36. The van der Waals surface area contributed by atoms with E-state index in [0.29, 0.717) is 18.6 Å². The monoisotopic (exact) mass is 571 g/mol. The van der Waals surface area contributed by atoms with Gasteiger partial charge >= 0.3 is 23.9 Å². The van der Waals surface area contributed by atoms with Gasteiger partial charge in [0.15, 0.2) is 6.10 Å². The fourth-order valence-corrected chi connectivity index (χ4v) is 9.52. The van der Waals surface area contributed by atoms with Gasteiger partial charge in [0.1, 0.15) is 23.4 Å². The number of furan rings is 1. The highest BCUT2D eigenvalue weighted by molar-refractivity contribution is 5.97. The van der Waals surface area contributed by atoms with Crippen LogP contribution in [0.25, 0.3) is 0 Å². The van der Waals surface area contributed by atoms with Gasteiger partial charge in [0, 0.05) is 41.6 Å². The Morgan fingerprint density at radius 2 is 1.73 bits per heavy atom. The topological polar surface area (TPSA) is 143 Å². The Morgan fingerprint density at radius 3 is 2.37 bits per heavy atom. The first kappa shape index (κ1) is 27.9. The van der Waals surface area contributed by atoms with Crippen LogP contribution >= 0.6 is 0 Å². The van der Waals surface area contributed by atoms with Crippen molar-refractivity contribution in [2.24, 2.45) is 33.2 Å². The third-order valence-corrected chi connectivity index (χ3v) is 11.1. The molecule has 5 fully saturated rings. The normalized spacial score (nSPS) is 45.0. The Balaban J connectivity index is 1.59. The van der Waals surface area contributed by atoms with E-state index in [4.69, 9.17) is 28.2 Å². The molecule has 4 heterocycles. The van der Waals surface area contributed by atoms with Crippen LogP contribution < -0.4 is 0 Å². The predicted octanol–water partition coefficient (Wildman–Crippen LogP) is 4.04. The minimum absolute atomic E-state index is 0.104. The molecule has 1 spiro atoms. The molecule has 0 bridgehead atoms. The highest BCUT2D eigenvalue weighted by atomic mass is 16.7. The Morgan fingerprint density at radius 1 is 1.00 bits per heavy atom. The highest BCUT2D eigenvalue weighted by Crippen LogP contribution is 2.79. The predicted molar refractivity (Wildman–Crippen MR) is 140 cm³/mol. The number of cyclic esters (lactones) is 2. The van der Waals surface area contributed by atoms with Crippen LogP contribution in [0.3, 0.4) is 0 Å². The summed E-state index contributed by atoms with van der Waals surface area (Å²) in [6.07, 6.45) is 2.16. The van der Waals surface area contributed by atoms with Crippen LogP contribution in [0, 0.1) is 28.1 Å². The number of epoxide rings is 1. The average molecular weight is 572 g/mol. The van der Waals surface area contributed by atoms with Gasteiger partial charge in [0.25, 0.3) is 0 Å². The summed E-state index contributed by atoms with van der Waals surface area (Å²) in [6.45, 7) is 12.4. The maximum atomic E-state index is 13.5. The molecule has 11 heteroatoms. The second-order valence-electron chi connectivity index (χ2n) is 13.4. The van der Waals surface area contributed by atoms with E-state index in [1.165, 1.54) is 13.8 Å². The number of rotatable bonds is 3. The molecule has 9 atom stereocenters. The van der Waals surface area contributed by atoms with Crippen molar-refractivity contribution < 1.29 is 47.4 Å². The van der Waals surface area contributed by atoms with E-state index >= 15 is 0 Å². The maximum Gasteiger partial charge on any atom is 0.339 e. The van der Waals surface area contributed by atoms with Crippen molar-refractivity contribution in [2.45, 2.75) is 104 Å². The molecule has 3 aliphatic heterocycles.